The first-order valence-corrected chi connectivity index (χ1v) is 13.1. The van der Waals surface area contributed by atoms with Gasteiger partial charge in [-0.25, -0.2) is 0 Å². The first-order chi connectivity index (χ1) is 17.1. The number of methoxy groups -OCH3 is 2. The van der Waals surface area contributed by atoms with E-state index in [1.807, 2.05) is 0 Å². The van der Waals surface area contributed by atoms with Gasteiger partial charge in [0.2, 0.25) is 0 Å². The van der Waals surface area contributed by atoms with E-state index >= 15 is 0 Å². The molecule has 196 valence electrons. The lowest BCUT2D eigenvalue weighted by Gasteiger charge is -2.39. The highest BCUT2D eigenvalue weighted by molar-refractivity contribution is 5.48. The third-order valence-electron chi connectivity index (χ3n) is 7.44. The summed E-state index contributed by atoms with van der Waals surface area (Å²) in [6, 6.07) is 13.5. The number of rotatable bonds is 11. The smallest absolute Gasteiger partial charge is 0.122 e. The Bertz CT molecular complexity index is 1070. The average molecular weight is 491 g/mol. The molecule has 0 aromatic heterocycles. The van der Waals surface area contributed by atoms with Crippen LogP contribution >= 0.6 is 0 Å². The van der Waals surface area contributed by atoms with Crippen LogP contribution in [0.2, 0.25) is 0 Å². The topological polar surface area (TPSA) is 24.9 Å². The van der Waals surface area contributed by atoms with Crippen molar-refractivity contribution in [2.75, 3.05) is 55.5 Å². The minimum atomic E-state index is 0.200. The third kappa shape index (κ3) is 6.80. The molecule has 3 rings (SSSR count). The first-order valence-electron chi connectivity index (χ1n) is 13.1. The zero-order chi connectivity index (χ0) is 26.4. The molecule has 0 aliphatic heterocycles. The molecule has 3 atom stereocenters. The van der Waals surface area contributed by atoms with Gasteiger partial charge >= 0.3 is 0 Å². The lowest BCUT2D eigenvalue weighted by Crippen LogP contribution is -2.26. The highest BCUT2D eigenvalue weighted by Crippen LogP contribution is 2.51. The van der Waals surface area contributed by atoms with E-state index in [1.54, 1.807) is 14.2 Å². The predicted octanol–water partition coefficient (Wildman–Crippen LogP) is 6.32. The molecule has 0 heterocycles. The molecule has 0 bridgehead atoms. The number of hydrogen-bond donors (Lipinski definition) is 0. The fourth-order valence-corrected chi connectivity index (χ4v) is 5.57. The molecule has 4 nitrogen and oxygen atoms in total. The Morgan fingerprint density at radius 3 is 1.83 bits per heavy atom. The molecule has 0 N–H and O–H groups in total. The summed E-state index contributed by atoms with van der Waals surface area (Å²) in [5, 5.41) is 0. The Morgan fingerprint density at radius 2 is 1.36 bits per heavy atom. The molecule has 1 unspecified atom stereocenters. The second kappa shape index (κ2) is 12.6. The fraction of sp³-hybridized carbons (Fsp3) is 0.500. The van der Waals surface area contributed by atoms with Gasteiger partial charge in [0, 0.05) is 24.6 Å². The van der Waals surface area contributed by atoms with Crippen molar-refractivity contribution in [1.29, 1.82) is 0 Å². The minimum absolute atomic E-state index is 0.200. The summed E-state index contributed by atoms with van der Waals surface area (Å²) < 4.78 is 11.8. The van der Waals surface area contributed by atoms with Crippen molar-refractivity contribution in [2.45, 2.75) is 44.9 Å². The monoisotopic (exact) mass is 490 g/mol. The van der Waals surface area contributed by atoms with E-state index in [0.29, 0.717) is 5.92 Å². The molecule has 36 heavy (non-hydrogen) atoms. The van der Waals surface area contributed by atoms with Gasteiger partial charge in [0.15, 0.2) is 0 Å². The van der Waals surface area contributed by atoms with E-state index < -0.39 is 0 Å². The summed E-state index contributed by atoms with van der Waals surface area (Å²) >= 11 is 0. The highest BCUT2D eigenvalue weighted by atomic mass is 16.5. The second-order valence-corrected chi connectivity index (χ2v) is 11.0. The first kappa shape index (κ1) is 28.0. The Morgan fingerprint density at radius 1 is 0.861 bits per heavy atom. The number of hydrogen-bond acceptors (Lipinski definition) is 4. The molecule has 1 aliphatic rings. The second-order valence-electron chi connectivity index (χ2n) is 11.0. The summed E-state index contributed by atoms with van der Waals surface area (Å²) in [6.07, 6.45) is 5.49. The van der Waals surface area contributed by atoms with Crippen LogP contribution in [0.1, 0.15) is 54.4 Å². The van der Waals surface area contributed by atoms with Crippen LogP contribution in [-0.2, 0) is 12.8 Å². The zero-order valence-corrected chi connectivity index (χ0v) is 23.7. The molecule has 2 aromatic rings. The Kier molecular flexibility index (Phi) is 9.81. The van der Waals surface area contributed by atoms with Crippen LogP contribution in [0.4, 0.5) is 0 Å². The molecule has 4 heteroatoms. The maximum atomic E-state index is 5.91. The number of ether oxygens (including phenoxy) is 2. The molecule has 0 saturated heterocycles. The number of benzene rings is 2. The van der Waals surface area contributed by atoms with Crippen LogP contribution in [0.25, 0.3) is 0 Å². The van der Waals surface area contributed by atoms with Crippen molar-refractivity contribution in [3.05, 3.63) is 82.5 Å². The summed E-state index contributed by atoms with van der Waals surface area (Å²) in [6.45, 7) is 11.0. The van der Waals surface area contributed by atoms with Crippen LogP contribution in [0.15, 0.2) is 60.2 Å². The van der Waals surface area contributed by atoms with Crippen LogP contribution in [-0.4, -0.2) is 65.3 Å². The van der Waals surface area contributed by atoms with Crippen molar-refractivity contribution in [2.24, 2.45) is 5.92 Å². The van der Waals surface area contributed by atoms with E-state index in [0.717, 1.165) is 43.9 Å². The summed E-state index contributed by atoms with van der Waals surface area (Å²) in [5.74, 6) is 2.67. The van der Waals surface area contributed by atoms with Crippen LogP contribution < -0.4 is 9.47 Å². The van der Waals surface area contributed by atoms with E-state index in [4.69, 9.17) is 9.47 Å². The van der Waals surface area contributed by atoms with Gasteiger partial charge in [-0.3, -0.25) is 0 Å². The van der Waals surface area contributed by atoms with Gasteiger partial charge in [0.25, 0.3) is 0 Å². The van der Waals surface area contributed by atoms with Gasteiger partial charge in [0.05, 0.1) is 14.2 Å². The molecular weight excluding hydrogens is 444 g/mol. The predicted molar refractivity (Wildman–Crippen MR) is 153 cm³/mol. The van der Waals surface area contributed by atoms with Crippen molar-refractivity contribution < 1.29 is 9.47 Å². The Labute approximate surface area is 219 Å². The highest BCUT2D eigenvalue weighted by Gasteiger charge is 2.37. The van der Waals surface area contributed by atoms with Crippen LogP contribution in [0, 0.1) is 5.92 Å². The van der Waals surface area contributed by atoms with Gasteiger partial charge in [-0.1, -0.05) is 48.1 Å². The number of likely N-dealkylation sites (N-methyl/N-ethyl adjacent to an activating group) is 2. The van der Waals surface area contributed by atoms with Crippen molar-refractivity contribution in [3.63, 3.8) is 0 Å². The van der Waals surface area contributed by atoms with Gasteiger partial charge in [-0.15, -0.1) is 0 Å². The molecule has 1 aliphatic carbocycles. The standard InChI is InChI=1S/C32H46N2O2/c1-22(2)32-28(26-20-24(14-16-33(4)5)10-12-30(26)35-8)18-23(3)19-29(32)27-21-25(15-17-34(6)7)11-13-31(27)36-9/h10-13,18,20-21,28-29,32H,1,14-17,19H2,2-9H3/t28-,29+,32?/m1/s1. The van der Waals surface area contributed by atoms with Gasteiger partial charge < -0.3 is 19.3 Å². The normalized spacial score (nSPS) is 19.9. The maximum absolute atomic E-state index is 5.91. The lowest BCUT2D eigenvalue weighted by molar-refractivity contribution is 0.364. The van der Waals surface area contributed by atoms with E-state index in [-0.39, 0.29) is 11.8 Å². The number of allylic oxidation sites excluding steroid dienone is 3. The summed E-state index contributed by atoms with van der Waals surface area (Å²) in [7, 11) is 12.1. The maximum Gasteiger partial charge on any atom is 0.122 e. The lowest BCUT2D eigenvalue weighted by atomic mass is 9.65. The molecule has 0 amide bonds. The summed E-state index contributed by atoms with van der Waals surface area (Å²) in [5.41, 5.74) is 7.86. The third-order valence-corrected chi connectivity index (χ3v) is 7.44. The average Bonchev–Trinajstić information content (AvgIpc) is 2.85. The van der Waals surface area contributed by atoms with Crippen molar-refractivity contribution in [3.8, 4) is 11.5 Å². The SMILES string of the molecule is C=C(C)C1[C@@H](c2cc(CCN(C)C)ccc2OC)C=C(C)C[C@H]1c1cc(CCN(C)C)ccc1OC. The van der Waals surface area contributed by atoms with Gasteiger partial charge in [-0.05, 0) is 102 Å². The molecular formula is C32H46N2O2. The van der Waals surface area contributed by atoms with Gasteiger partial charge in [-0.2, -0.15) is 0 Å². The number of nitrogens with zero attached hydrogens (tertiary/aromatic N) is 2. The fourth-order valence-electron chi connectivity index (χ4n) is 5.57. The quantitative estimate of drug-likeness (QED) is 0.344. The molecule has 0 radical (unpaired) electrons. The zero-order valence-electron chi connectivity index (χ0n) is 23.7. The largest absolute Gasteiger partial charge is 0.496 e. The Hall–Kier alpha value is -2.56. The van der Waals surface area contributed by atoms with Crippen molar-refractivity contribution >= 4 is 0 Å². The Balaban J connectivity index is 2.08. The minimum Gasteiger partial charge on any atom is -0.496 e. The van der Waals surface area contributed by atoms with Gasteiger partial charge in [0.1, 0.15) is 11.5 Å². The molecule has 0 fully saturated rings. The van der Waals surface area contributed by atoms with E-state index in [2.05, 4.69) is 101 Å². The molecule has 0 spiro atoms. The molecule has 2 aromatic carbocycles. The van der Waals surface area contributed by atoms with E-state index in [9.17, 15) is 0 Å². The summed E-state index contributed by atoms with van der Waals surface area (Å²) in [4.78, 5) is 4.47. The van der Waals surface area contributed by atoms with Crippen molar-refractivity contribution in [1.82, 2.24) is 9.80 Å². The molecule has 0 saturated carbocycles. The van der Waals surface area contributed by atoms with Crippen LogP contribution in [0.3, 0.4) is 0 Å². The van der Waals surface area contributed by atoms with Crippen LogP contribution in [0.5, 0.6) is 11.5 Å². The van der Waals surface area contributed by atoms with E-state index in [1.165, 1.54) is 33.4 Å².